The maximum absolute atomic E-state index is 11.1. The Kier molecular flexibility index (Phi) is 3.09. The first kappa shape index (κ1) is 12.8. The lowest BCUT2D eigenvalue weighted by molar-refractivity contribution is 0.0696. The minimum absolute atomic E-state index is 0.119. The van der Waals surface area contributed by atoms with E-state index in [1.165, 1.54) is 18.3 Å². The van der Waals surface area contributed by atoms with Crippen LogP contribution in [0.25, 0.3) is 16.9 Å². The molecule has 102 valence electrons. The number of benzene rings is 1. The van der Waals surface area contributed by atoms with Gasteiger partial charge in [0.15, 0.2) is 0 Å². The molecule has 2 heterocycles. The molecule has 0 saturated carbocycles. The maximum atomic E-state index is 11.1. The summed E-state index contributed by atoms with van der Waals surface area (Å²) < 4.78 is 1.71. The van der Waals surface area contributed by atoms with E-state index in [2.05, 4.69) is 16.0 Å². The molecular formula is C15H10N4O2. The van der Waals surface area contributed by atoms with Gasteiger partial charge in [-0.3, -0.25) is 4.57 Å². The van der Waals surface area contributed by atoms with Gasteiger partial charge in [0, 0.05) is 6.20 Å². The number of pyridine rings is 1. The normalized spacial score (nSPS) is 10.4. The lowest BCUT2D eigenvalue weighted by atomic mass is 10.2. The quantitative estimate of drug-likeness (QED) is 0.792. The average molecular weight is 278 g/mol. The number of nitriles is 1. The summed E-state index contributed by atoms with van der Waals surface area (Å²) >= 11 is 0. The number of hydrogen-bond acceptors (Lipinski definition) is 4. The van der Waals surface area contributed by atoms with Gasteiger partial charge in [-0.15, -0.1) is 0 Å². The van der Waals surface area contributed by atoms with E-state index in [0.717, 1.165) is 11.0 Å². The maximum Gasteiger partial charge on any atom is 0.335 e. The molecule has 1 N–H and O–H groups in total. The van der Waals surface area contributed by atoms with Crippen LogP contribution in [-0.4, -0.2) is 25.6 Å². The summed E-state index contributed by atoms with van der Waals surface area (Å²) in [7, 11) is 0. The van der Waals surface area contributed by atoms with Gasteiger partial charge in [0.2, 0.25) is 0 Å². The van der Waals surface area contributed by atoms with Crippen LogP contribution in [0.15, 0.2) is 42.6 Å². The SMILES string of the molecule is N#CCc1nc2ccccc2n1-c1cc(C(=O)O)ccn1. The van der Waals surface area contributed by atoms with E-state index in [1.807, 2.05) is 24.3 Å². The number of imidazole rings is 1. The molecule has 0 aliphatic carbocycles. The summed E-state index contributed by atoms with van der Waals surface area (Å²) in [4.78, 5) is 19.7. The topological polar surface area (TPSA) is 91.8 Å². The van der Waals surface area contributed by atoms with Gasteiger partial charge in [-0.25, -0.2) is 14.8 Å². The number of rotatable bonds is 3. The Morgan fingerprint density at radius 1 is 1.33 bits per heavy atom. The summed E-state index contributed by atoms with van der Waals surface area (Å²) in [5.41, 5.74) is 1.67. The highest BCUT2D eigenvalue weighted by molar-refractivity contribution is 5.88. The second-order valence-electron chi connectivity index (χ2n) is 4.39. The molecule has 3 rings (SSSR count). The standard InChI is InChI=1S/C15H10N4O2/c16-7-5-13-18-11-3-1-2-4-12(11)19(13)14-9-10(15(20)21)6-8-17-14/h1-4,6,8-9H,5H2,(H,20,21). The summed E-state index contributed by atoms with van der Waals surface area (Å²) in [5.74, 6) is -0.0486. The van der Waals surface area contributed by atoms with Crippen molar-refractivity contribution >= 4 is 17.0 Å². The average Bonchev–Trinajstić information content (AvgIpc) is 2.85. The number of aromatic carboxylic acids is 1. The van der Waals surface area contributed by atoms with E-state index in [-0.39, 0.29) is 12.0 Å². The predicted molar refractivity (Wildman–Crippen MR) is 75.1 cm³/mol. The van der Waals surface area contributed by atoms with Crippen LogP contribution in [0.4, 0.5) is 0 Å². The smallest absolute Gasteiger partial charge is 0.335 e. The van der Waals surface area contributed by atoms with E-state index in [4.69, 9.17) is 10.4 Å². The molecule has 0 saturated heterocycles. The Balaban J connectivity index is 2.28. The van der Waals surface area contributed by atoms with Crippen LogP contribution in [0.5, 0.6) is 0 Å². The highest BCUT2D eigenvalue weighted by Crippen LogP contribution is 2.21. The van der Waals surface area contributed by atoms with Crippen molar-refractivity contribution in [3.05, 3.63) is 54.0 Å². The van der Waals surface area contributed by atoms with Gasteiger partial charge < -0.3 is 5.11 Å². The van der Waals surface area contributed by atoms with Gasteiger partial charge in [-0.2, -0.15) is 5.26 Å². The number of carboxylic acid groups (broad SMARTS) is 1. The monoisotopic (exact) mass is 278 g/mol. The second kappa shape index (κ2) is 5.06. The number of aromatic nitrogens is 3. The third kappa shape index (κ3) is 2.21. The van der Waals surface area contributed by atoms with E-state index in [1.54, 1.807) is 4.57 Å². The Bertz CT molecular complexity index is 877. The molecule has 21 heavy (non-hydrogen) atoms. The molecule has 3 aromatic rings. The first-order chi connectivity index (χ1) is 10.2. The number of para-hydroxylation sites is 2. The van der Waals surface area contributed by atoms with Crippen LogP contribution in [0.3, 0.4) is 0 Å². The van der Waals surface area contributed by atoms with E-state index in [0.29, 0.717) is 11.6 Å². The molecule has 0 amide bonds. The fourth-order valence-corrected chi connectivity index (χ4v) is 2.19. The van der Waals surface area contributed by atoms with Crippen LogP contribution in [-0.2, 0) is 6.42 Å². The van der Waals surface area contributed by atoms with Gasteiger partial charge in [-0.05, 0) is 24.3 Å². The molecule has 0 unspecified atom stereocenters. The van der Waals surface area contributed by atoms with Crippen molar-refractivity contribution in [2.45, 2.75) is 6.42 Å². The molecule has 0 radical (unpaired) electrons. The van der Waals surface area contributed by atoms with E-state index in [9.17, 15) is 4.79 Å². The Morgan fingerprint density at radius 2 is 2.14 bits per heavy atom. The van der Waals surface area contributed by atoms with Crippen molar-refractivity contribution in [2.75, 3.05) is 0 Å². The third-order valence-electron chi connectivity index (χ3n) is 3.09. The lowest BCUT2D eigenvalue weighted by Crippen LogP contribution is -2.05. The van der Waals surface area contributed by atoms with Crippen molar-refractivity contribution in [1.82, 2.24) is 14.5 Å². The van der Waals surface area contributed by atoms with Gasteiger partial charge >= 0.3 is 5.97 Å². The van der Waals surface area contributed by atoms with Crippen LogP contribution in [0.2, 0.25) is 0 Å². The third-order valence-corrected chi connectivity index (χ3v) is 3.09. The minimum atomic E-state index is -1.02. The van der Waals surface area contributed by atoms with Crippen LogP contribution in [0, 0.1) is 11.3 Å². The van der Waals surface area contributed by atoms with Crippen molar-refractivity contribution in [1.29, 1.82) is 5.26 Å². The summed E-state index contributed by atoms with van der Waals surface area (Å²) in [5, 5.41) is 18.0. The van der Waals surface area contributed by atoms with Gasteiger partial charge in [0.1, 0.15) is 11.6 Å². The molecule has 6 heteroatoms. The van der Waals surface area contributed by atoms with Gasteiger partial charge in [0.05, 0.1) is 29.1 Å². The molecule has 1 aromatic carbocycles. The first-order valence-electron chi connectivity index (χ1n) is 6.23. The second-order valence-corrected chi connectivity index (χ2v) is 4.39. The van der Waals surface area contributed by atoms with Crippen molar-refractivity contribution < 1.29 is 9.90 Å². The Morgan fingerprint density at radius 3 is 2.90 bits per heavy atom. The van der Waals surface area contributed by atoms with E-state index >= 15 is 0 Å². The molecule has 6 nitrogen and oxygen atoms in total. The molecule has 0 fully saturated rings. The zero-order chi connectivity index (χ0) is 14.8. The van der Waals surface area contributed by atoms with Crippen LogP contribution < -0.4 is 0 Å². The highest BCUT2D eigenvalue weighted by Gasteiger charge is 2.14. The molecule has 0 aliphatic rings. The van der Waals surface area contributed by atoms with E-state index < -0.39 is 5.97 Å². The van der Waals surface area contributed by atoms with Crippen molar-refractivity contribution in [3.8, 4) is 11.9 Å². The zero-order valence-electron chi connectivity index (χ0n) is 10.9. The molecule has 0 spiro atoms. The number of carbonyl (C=O) groups is 1. The van der Waals surface area contributed by atoms with Gasteiger partial charge in [-0.1, -0.05) is 12.1 Å². The largest absolute Gasteiger partial charge is 0.478 e. The Hall–Kier alpha value is -3.20. The van der Waals surface area contributed by atoms with Crippen molar-refractivity contribution in [3.63, 3.8) is 0 Å². The molecule has 2 aromatic heterocycles. The highest BCUT2D eigenvalue weighted by atomic mass is 16.4. The summed E-state index contributed by atoms with van der Waals surface area (Å²) in [6.45, 7) is 0. The number of nitrogens with zero attached hydrogens (tertiary/aromatic N) is 4. The number of hydrogen-bond donors (Lipinski definition) is 1. The fourth-order valence-electron chi connectivity index (χ4n) is 2.19. The summed E-state index contributed by atoms with van der Waals surface area (Å²) in [6.07, 6.45) is 1.55. The summed E-state index contributed by atoms with van der Waals surface area (Å²) in [6, 6.07) is 12.4. The predicted octanol–water partition coefficient (Wildman–Crippen LogP) is 2.18. The number of carboxylic acids is 1. The molecule has 0 atom stereocenters. The zero-order valence-corrected chi connectivity index (χ0v) is 10.9. The number of fused-ring (bicyclic) bond motifs is 1. The molecule has 0 bridgehead atoms. The van der Waals surface area contributed by atoms with Crippen LogP contribution in [0.1, 0.15) is 16.2 Å². The minimum Gasteiger partial charge on any atom is -0.478 e. The molecular weight excluding hydrogens is 268 g/mol. The molecule has 0 aliphatic heterocycles. The van der Waals surface area contributed by atoms with Gasteiger partial charge in [0.25, 0.3) is 0 Å². The van der Waals surface area contributed by atoms with Crippen LogP contribution >= 0.6 is 0 Å². The lowest BCUT2D eigenvalue weighted by Gasteiger charge is -2.07. The van der Waals surface area contributed by atoms with Crippen molar-refractivity contribution in [2.24, 2.45) is 0 Å². The fraction of sp³-hybridized carbons (Fsp3) is 0.0667. The first-order valence-corrected chi connectivity index (χ1v) is 6.23. The Labute approximate surface area is 119 Å².